The van der Waals surface area contributed by atoms with E-state index in [4.69, 9.17) is 4.42 Å². The normalized spacial score (nSPS) is 13.9. The van der Waals surface area contributed by atoms with Gasteiger partial charge in [-0.2, -0.15) is 0 Å². The molecule has 12 aromatic rings. The molecule has 70 heavy (non-hydrogen) atoms. The lowest BCUT2D eigenvalue weighted by atomic mass is 9.68. The molecule has 2 heteroatoms. The standard InChI is InChI=1S/C68H43NO/c1-3-18-45(19-4-1)67(46-20-5-2-6-21-46)59-29-12-10-25-54(59)58-42-48(39-41-63(58)67)69(47-36-34-44(35-37-47)50-27-17-28-57-56-26-11-16-33-65(56)70-66(50)57)49-38-40-55-53-24-9-15-32-62(53)68(64(55)43-49)60-30-13-7-22-51(60)52-23-8-14-31-61(52)68/h1-43H. The Labute approximate surface area is 407 Å². The number of hydrogen-bond acceptors (Lipinski definition) is 2. The van der Waals surface area contributed by atoms with Crippen LogP contribution in [0.25, 0.3) is 66.4 Å². The molecule has 15 rings (SSSR count). The molecule has 0 saturated carbocycles. The average Bonchev–Trinajstić information content (AvgIpc) is 4.15. The lowest BCUT2D eigenvalue weighted by Gasteiger charge is -2.34. The van der Waals surface area contributed by atoms with Crippen LogP contribution < -0.4 is 4.90 Å². The maximum Gasteiger partial charge on any atom is 0.143 e. The average molecular weight is 890 g/mol. The topological polar surface area (TPSA) is 16.4 Å². The predicted molar refractivity (Wildman–Crippen MR) is 287 cm³/mol. The number of furan rings is 1. The summed E-state index contributed by atoms with van der Waals surface area (Å²) in [4.78, 5) is 2.48. The first-order valence-electron chi connectivity index (χ1n) is 24.3. The molecule has 0 N–H and O–H groups in total. The van der Waals surface area contributed by atoms with Crippen LogP contribution >= 0.6 is 0 Å². The number of nitrogens with zero attached hydrogens (tertiary/aromatic N) is 1. The third-order valence-electron chi connectivity index (χ3n) is 15.8. The van der Waals surface area contributed by atoms with Crippen LogP contribution in [0.3, 0.4) is 0 Å². The molecule has 0 radical (unpaired) electrons. The monoisotopic (exact) mass is 889 g/mol. The third-order valence-corrected chi connectivity index (χ3v) is 15.8. The molecule has 1 aromatic heterocycles. The molecule has 11 aromatic carbocycles. The zero-order valence-corrected chi connectivity index (χ0v) is 38.2. The number of para-hydroxylation sites is 2. The smallest absolute Gasteiger partial charge is 0.143 e. The second-order valence-corrected chi connectivity index (χ2v) is 19.0. The van der Waals surface area contributed by atoms with E-state index in [1.807, 2.05) is 6.07 Å². The van der Waals surface area contributed by atoms with Crippen LogP contribution in [0.1, 0.15) is 44.5 Å². The van der Waals surface area contributed by atoms with Crippen molar-refractivity contribution < 1.29 is 4.42 Å². The summed E-state index contributed by atoms with van der Waals surface area (Å²) in [5.41, 5.74) is 24.4. The van der Waals surface area contributed by atoms with Crippen LogP contribution in [0.5, 0.6) is 0 Å². The first kappa shape index (κ1) is 39.1. The van der Waals surface area contributed by atoms with Crippen LogP contribution in [-0.2, 0) is 10.8 Å². The summed E-state index contributed by atoms with van der Waals surface area (Å²) in [6, 6.07) is 96.7. The Morgan fingerprint density at radius 1 is 0.271 bits per heavy atom. The fraction of sp³-hybridized carbons (Fsp3) is 0.0294. The van der Waals surface area contributed by atoms with Gasteiger partial charge in [-0.3, -0.25) is 0 Å². The van der Waals surface area contributed by atoms with E-state index >= 15 is 0 Å². The van der Waals surface area contributed by atoms with Gasteiger partial charge >= 0.3 is 0 Å². The van der Waals surface area contributed by atoms with Crippen molar-refractivity contribution in [3.8, 4) is 44.5 Å². The number of anilines is 3. The summed E-state index contributed by atoms with van der Waals surface area (Å²) in [7, 11) is 0. The van der Waals surface area contributed by atoms with E-state index in [0.29, 0.717) is 0 Å². The minimum Gasteiger partial charge on any atom is -0.455 e. The number of rotatable bonds is 6. The van der Waals surface area contributed by atoms with Gasteiger partial charge in [0.15, 0.2) is 0 Å². The lowest BCUT2D eigenvalue weighted by Crippen LogP contribution is -2.28. The van der Waals surface area contributed by atoms with Crippen molar-refractivity contribution in [3.05, 3.63) is 305 Å². The Morgan fingerprint density at radius 2 is 0.714 bits per heavy atom. The van der Waals surface area contributed by atoms with Crippen molar-refractivity contribution in [2.75, 3.05) is 4.90 Å². The molecule has 0 aliphatic heterocycles. The Balaban J connectivity index is 0.968. The predicted octanol–water partition coefficient (Wildman–Crippen LogP) is 17.4. The van der Waals surface area contributed by atoms with Gasteiger partial charge in [0, 0.05) is 33.4 Å². The lowest BCUT2D eigenvalue weighted by molar-refractivity contribution is 0.670. The van der Waals surface area contributed by atoms with Crippen LogP contribution in [-0.4, -0.2) is 0 Å². The molecule has 0 bridgehead atoms. The molecule has 3 aliphatic rings. The maximum atomic E-state index is 6.56. The van der Waals surface area contributed by atoms with Crippen molar-refractivity contribution in [2.45, 2.75) is 10.8 Å². The molecule has 0 saturated heterocycles. The summed E-state index contributed by atoms with van der Waals surface area (Å²) >= 11 is 0. The second-order valence-electron chi connectivity index (χ2n) is 19.0. The first-order valence-corrected chi connectivity index (χ1v) is 24.3. The molecular formula is C68H43NO. The van der Waals surface area contributed by atoms with E-state index in [1.165, 1.54) is 77.9 Å². The Hall–Kier alpha value is -8.98. The van der Waals surface area contributed by atoms with Gasteiger partial charge in [0.05, 0.1) is 10.8 Å². The molecule has 2 nitrogen and oxygen atoms in total. The number of fused-ring (bicyclic) bond motifs is 16. The summed E-state index contributed by atoms with van der Waals surface area (Å²) in [6.07, 6.45) is 0. The fourth-order valence-electron chi connectivity index (χ4n) is 13.0. The quantitative estimate of drug-likeness (QED) is 0.165. The largest absolute Gasteiger partial charge is 0.455 e. The van der Waals surface area contributed by atoms with Gasteiger partial charge < -0.3 is 9.32 Å². The number of benzene rings is 11. The van der Waals surface area contributed by atoms with Gasteiger partial charge in [0.1, 0.15) is 11.2 Å². The van der Waals surface area contributed by atoms with Gasteiger partial charge in [-0.05, 0) is 126 Å². The molecule has 3 aliphatic carbocycles. The molecule has 326 valence electrons. The molecular weight excluding hydrogens is 847 g/mol. The molecule has 0 fully saturated rings. The summed E-state index contributed by atoms with van der Waals surface area (Å²) in [5, 5.41) is 2.26. The molecule has 1 spiro atoms. The summed E-state index contributed by atoms with van der Waals surface area (Å²) < 4.78 is 6.56. The maximum absolute atomic E-state index is 6.56. The minimum atomic E-state index is -0.494. The van der Waals surface area contributed by atoms with Crippen LogP contribution in [0.4, 0.5) is 17.1 Å². The van der Waals surface area contributed by atoms with E-state index < -0.39 is 10.8 Å². The minimum absolute atomic E-state index is 0.474. The Kier molecular flexibility index (Phi) is 8.24. The third kappa shape index (κ3) is 5.17. The highest BCUT2D eigenvalue weighted by molar-refractivity contribution is 6.09. The van der Waals surface area contributed by atoms with Gasteiger partial charge in [-0.25, -0.2) is 0 Å². The van der Waals surface area contributed by atoms with E-state index in [-0.39, 0.29) is 0 Å². The van der Waals surface area contributed by atoms with Crippen molar-refractivity contribution in [2.24, 2.45) is 0 Å². The molecule has 0 amide bonds. The molecule has 0 unspecified atom stereocenters. The van der Waals surface area contributed by atoms with E-state index in [1.54, 1.807) is 0 Å². The van der Waals surface area contributed by atoms with Crippen molar-refractivity contribution in [1.82, 2.24) is 0 Å². The Morgan fingerprint density at radius 3 is 1.34 bits per heavy atom. The SMILES string of the molecule is c1ccc(C2(c3ccccc3)c3ccccc3-c3cc(N(c4ccc(-c5cccc6c5oc5ccccc56)cc4)c4ccc5c(c4)C4(c6ccccc6-c6ccccc64)c4ccccc4-5)ccc32)cc1. The van der Waals surface area contributed by atoms with Crippen molar-refractivity contribution in [3.63, 3.8) is 0 Å². The summed E-state index contributed by atoms with van der Waals surface area (Å²) in [6.45, 7) is 0. The molecule has 0 atom stereocenters. The van der Waals surface area contributed by atoms with E-state index in [0.717, 1.165) is 50.1 Å². The highest BCUT2D eigenvalue weighted by Crippen LogP contribution is 2.64. The van der Waals surface area contributed by atoms with Crippen LogP contribution in [0, 0.1) is 0 Å². The Bertz CT molecular complexity index is 3970. The van der Waals surface area contributed by atoms with Crippen molar-refractivity contribution in [1.29, 1.82) is 0 Å². The van der Waals surface area contributed by atoms with E-state index in [2.05, 4.69) is 260 Å². The highest BCUT2D eigenvalue weighted by atomic mass is 16.3. The van der Waals surface area contributed by atoms with Gasteiger partial charge in [0.25, 0.3) is 0 Å². The first-order chi connectivity index (χ1) is 34.7. The highest BCUT2D eigenvalue weighted by Gasteiger charge is 2.52. The van der Waals surface area contributed by atoms with Crippen LogP contribution in [0.2, 0.25) is 0 Å². The van der Waals surface area contributed by atoms with Crippen LogP contribution in [0.15, 0.2) is 265 Å². The fourth-order valence-corrected chi connectivity index (χ4v) is 13.0. The van der Waals surface area contributed by atoms with Gasteiger partial charge in [-0.15, -0.1) is 0 Å². The summed E-state index contributed by atoms with van der Waals surface area (Å²) in [5.74, 6) is 0. The van der Waals surface area contributed by atoms with Gasteiger partial charge in [0.2, 0.25) is 0 Å². The van der Waals surface area contributed by atoms with Crippen molar-refractivity contribution >= 4 is 39.0 Å². The second kappa shape index (κ2) is 14.8. The van der Waals surface area contributed by atoms with E-state index in [9.17, 15) is 0 Å². The van der Waals surface area contributed by atoms with Gasteiger partial charge in [-0.1, -0.05) is 218 Å². The zero-order chi connectivity index (χ0) is 46.0. The zero-order valence-electron chi connectivity index (χ0n) is 38.2. The number of hydrogen-bond donors (Lipinski definition) is 0. The molecule has 1 heterocycles.